The van der Waals surface area contributed by atoms with Gasteiger partial charge >= 0.3 is 11.9 Å². The Hall–Kier alpha value is -2.82. The molecule has 0 fully saturated rings. The van der Waals surface area contributed by atoms with Gasteiger partial charge in [0.2, 0.25) is 0 Å². The molecule has 0 aliphatic heterocycles. The lowest BCUT2D eigenvalue weighted by molar-refractivity contribution is -0.131. The van der Waals surface area contributed by atoms with Crippen LogP contribution < -0.4 is 0 Å². The quantitative estimate of drug-likeness (QED) is 0.835. The summed E-state index contributed by atoms with van der Waals surface area (Å²) in [6.45, 7) is 1.63. The second-order valence-electron chi connectivity index (χ2n) is 4.22. The zero-order chi connectivity index (χ0) is 14.7. The molecule has 0 unspecified atom stereocenters. The predicted molar refractivity (Wildman–Crippen MR) is 72.4 cm³/mol. The third-order valence-corrected chi connectivity index (χ3v) is 2.73. The average molecular weight is 272 g/mol. The average Bonchev–Trinajstić information content (AvgIpc) is 2.87. The number of aliphatic carboxylic acids is 1. The molecule has 0 amide bonds. The van der Waals surface area contributed by atoms with Gasteiger partial charge < -0.3 is 14.6 Å². The first-order valence-corrected chi connectivity index (χ1v) is 5.82. The van der Waals surface area contributed by atoms with E-state index < -0.39 is 11.9 Å². The number of aromatic carboxylic acids is 1. The number of carboxylic acids is 2. The molecule has 0 bridgehead atoms. The van der Waals surface area contributed by atoms with Gasteiger partial charge in [-0.15, -0.1) is 0 Å². The molecular weight excluding hydrogens is 260 g/mol. The lowest BCUT2D eigenvalue weighted by atomic mass is 10.1. The van der Waals surface area contributed by atoms with Crippen LogP contribution in [0.25, 0.3) is 16.9 Å². The maximum Gasteiger partial charge on any atom is 0.335 e. The van der Waals surface area contributed by atoms with E-state index in [0.717, 1.165) is 6.08 Å². The van der Waals surface area contributed by atoms with Gasteiger partial charge in [-0.05, 0) is 36.8 Å². The lowest BCUT2D eigenvalue weighted by Gasteiger charge is -2.00. The molecule has 5 heteroatoms. The van der Waals surface area contributed by atoms with E-state index >= 15 is 0 Å². The molecule has 0 aliphatic carbocycles. The fourth-order valence-corrected chi connectivity index (χ4v) is 1.77. The summed E-state index contributed by atoms with van der Waals surface area (Å²) in [4.78, 5) is 21.5. The van der Waals surface area contributed by atoms with Gasteiger partial charge in [-0.3, -0.25) is 0 Å². The molecule has 2 rings (SSSR count). The number of carbonyl (C=O) groups is 2. The first-order chi connectivity index (χ1) is 9.47. The fraction of sp³-hybridized carbons (Fsp3) is 0.0667. The van der Waals surface area contributed by atoms with E-state index in [1.165, 1.54) is 12.1 Å². The standard InChI is InChI=1S/C15H12O5/c1-9(7-14(16)17)12-5-6-13(20-12)10-3-2-4-11(8-10)15(18)19/h2-8H,1H3,(H,16,17)(H,18,19)/b9-7+. The van der Waals surface area contributed by atoms with Crippen LogP contribution in [0.15, 0.2) is 46.9 Å². The van der Waals surface area contributed by atoms with Crippen molar-refractivity contribution in [3.05, 3.63) is 53.8 Å². The van der Waals surface area contributed by atoms with Crippen LogP contribution >= 0.6 is 0 Å². The van der Waals surface area contributed by atoms with Crippen molar-refractivity contribution < 1.29 is 24.2 Å². The Bertz CT molecular complexity index is 694. The van der Waals surface area contributed by atoms with Gasteiger partial charge in [0.25, 0.3) is 0 Å². The van der Waals surface area contributed by atoms with Crippen molar-refractivity contribution in [2.45, 2.75) is 6.92 Å². The molecule has 0 radical (unpaired) electrons. The van der Waals surface area contributed by atoms with Crippen molar-refractivity contribution in [3.63, 3.8) is 0 Å². The van der Waals surface area contributed by atoms with Gasteiger partial charge in [0.15, 0.2) is 0 Å². The predicted octanol–water partition coefficient (Wildman–Crippen LogP) is 3.13. The summed E-state index contributed by atoms with van der Waals surface area (Å²) >= 11 is 0. The van der Waals surface area contributed by atoms with Crippen LogP contribution in [0.3, 0.4) is 0 Å². The van der Waals surface area contributed by atoms with E-state index in [1.54, 1.807) is 31.2 Å². The van der Waals surface area contributed by atoms with Crippen molar-refractivity contribution >= 4 is 17.5 Å². The highest BCUT2D eigenvalue weighted by Crippen LogP contribution is 2.26. The van der Waals surface area contributed by atoms with Gasteiger partial charge in [-0.25, -0.2) is 9.59 Å². The lowest BCUT2D eigenvalue weighted by Crippen LogP contribution is -1.95. The van der Waals surface area contributed by atoms with Gasteiger partial charge in [-0.2, -0.15) is 0 Å². The van der Waals surface area contributed by atoms with Crippen molar-refractivity contribution in [2.24, 2.45) is 0 Å². The normalized spacial score (nSPS) is 11.3. The molecule has 1 aromatic heterocycles. The molecule has 5 nitrogen and oxygen atoms in total. The number of benzene rings is 1. The van der Waals surface area contributed by atoms with E-state index in [0.29, 0.717) is 22.7 Å². The molecule has 0 atom stereocenters. The first kappa shape index (κ1) is 13.6. The fourth-order valence-electron chi connectivity index (χ4n) is 1.77. The highest BCUT2D eigenvalue weighted by molar-refractivity contribution is 5.90. The molecule has 1 heterocycles. The highest BCUT2D eigenvalue weighted by atomic mass is 16.4. The Morgan fingerprint density at radius 2 is 1.90 bits per heavy atom. The molecule has 0 saturated carbocycles. The molecule has 2 N–H and O–H groups in total. The number of rotatable bonds is 4. The molecule has 0 saturated heterocycles. The largest absolute Gasteiger partial charge is 0.478 e. The molecule has 0 spiro atoms. The Morgan fingerprint density at radius 3 is 2.55 bits per heavy atom. The van der Waals surface area contributed by atoms with E-state index in [1.807, 2.05) is 0 Å². The van der Waals surface area contributed by atoms with Crippen molar-refractivity contribution in [1.82, 2.24) is 0 Å². The molecular formula is C15H12O5. The van der Waals surface area contributed by atoms with Crippen LogP contribution in [-0.4, -0.2) is 22.2 Å². The highest BCUT2D eigenvalue weighted by Gasteiger charge is 2.09. The van der Waals surface area contributed by atoms with E-state index in [2.05, 4.69) is 0 Å². The zero-order valence-electron chi connectivity index (χ0n) is 10.7. The molecule has 2 aromatic rings. The van der Waals surface area contributed by atoms with Gasteiger partial charge in [0.1, 0.15) is 11.5 Å². The van der Waals surface area contributed by atoms with Crippen molar-refractivity contribution in [1.29, 1.82) is 0 Å². The van der Waals surface area contributed by atoms with Gasteiger partial charge in [0, 0.05) is 11.6 Å². The minimum atomic E-state index is -1.05. The van der Waals surface area contributed by atoms with E-state index in [9.17, 15) is 9.59 Å². The Balaban J connectivity index is 2.36. The summed E-state index contributed by atoms with van der Waals surface area (Å²) in [6, 6.07) is 9.67. The smallest absolute Gasteiger partial charge is 0.335 e. The molecule has 1 aromatic carbocycles. The van der Waals surface area contributed by atoms with Crippen molar-refractivity contribution in [2.75, 3.05) is 0 Å². The second-order valence-corrected chi connectivity index (χ2v) is 4.22. The summed E-state index contributed by atoms with van der Waals surface area (Å²) < 4.78 is 5.54. The molecule has 102 valence electrons. The first-order valence-electron chi connectivity index (χ1n) is 5.82. The third-order valence-electron chi connectivity index (χ3n) is 2.73. The van der Waals surface area contributed by atoms with Crippen LogP contribution in [0, 0.1) is 0 Å². The van der Waals surface area contributed by atoms with Crippen molar-refractivity contribution in [3.8, 4) is 11.3 Å². The van der Waals surface area contributed by atoms with Crippen LogP contribution in [0.1, 0.15) is 23.0 Å². The second kappa shape index (κ2) is 5.44. The minimum Gasteiger partial charge on any atom is -0.478 e. The number of allylic oxidation sites excluding steroid dienone is 1. The van der Waals surface area contributed by atoms with Crippen LogP contribution in [-0.2, 0) is 4.79 Å². The van der Waals surface area contributed by atoms with Gasteiger partial charge in [0.05, 0.1) is 5.56 Å². The van der Waals surface area contributed by atoms with Crippen LogP contribution in [0.2, 0.25) is 0 Å². The third kappa shape index (κ3) is 2.95. The SMILES string of the molecule is C/C(=C\C(=O)O)c1ccc(-c2cccc(C(=O)O)c2)o1. The Morgan fingerprint density at radius 1 is 1.15 bits per heavy atom. The summed E-state index contributed by atoms with van der Waals surface area (Å²) in [7, 11) is 0. The topological polar surface area (TPSA) is 87.7 Å². The number of hydrogen-bond acceptors (Lipinski definition) is 3. The summed E-state index contributed by atoms with van der Waals surface area (Å²) in [5.74, 6) is -1.14. The molecule has 20 heavy (non-hydrogen) atoms. The number of hydrogen-bond donors (Lipinski definition) is 2. The molecule has 0 aliphatic rings. The Labute approximate surface area is 114 Å². The van der Waals surface area contributed by atoms with Crippen LogP contribution in [0.4, 0.5) is 0 Å². The van der Waals surface area contributed by atoms with Gasteiger partial charge in [-0.1, -0.05) is 12.1 Å². The van der Waals surface area contributed by atoms with Crippen LogP contribution in [0.5, 0.6) is 0 Å². The maximum atomic E-state index is 10.9. The van der Waals surface area contributed by atoms with E-state index in [-0.39, 0.29) is 5.56 Å². The summed E-state index contributed by atoms with van der Waals surface area (Å²) in [5.41, 5.74) is 1.27. The summed E-state index contributed by atoms with van der Waals surface area (Å²) in [5, 5.41) is 17.6. The Kier molecular flexibility index (Phi) is 3.70. The number of carboxylic acid groups (broad SMARTS) is 2. The number of furan rings is 1. The zero-order valence-corrected chi connectivity index (χ0v) is 10.7. The van der Waals surface area contributed by atoms with E-state index in [4.69, 9.17) is 14.6 Å². The summed E-state index contributed by atoms with van der Waals surface area (Å²) in [6.07, 6.45) is 1.05. The monoisotopic (exact) mass is 272 g/mol. The minimum absolute atomic E-state index is 0.165. The maximum absolute atomic E-state index is 10.9.